The molecule has 0 saturated heterocycles. The van der Waals surface area contributed by atoms with Crippen molar-refractivity contribution < 1.29 is 13.6 Å². The van der Waals surface area contributed by atoms with Gasteiger partial charge in [-0.2, -0.15) is 0 Å². The molecule has 3 nitrogen and oxygen atoms in total. The molecule has 0 unspecified atom stereocenters. The van der Waals surface area contributed by atoms with Crippen molar-refractivity contribution >= 4 is 16.8 Å². The molecule has 1 aromatic heterocycles. The highest BCUT2D eigenvalue weighted by Gasteiger charge is 2.45. The molecule has 3 aromatic rings. The van der Waals surface area contributed by atoms with E-state index in [2.05, 4.69) is 10.3 Å². The number of hydrogen-bond donors (Lipinski definition) is 1. The lowest BCUT2D eigenvalue weighted by Crippen LogP contribution is -2.38. The highest BCUT2D eigenvalue weighted by atomic mass is 19.1. The van der Waals surface area contributed by atoms with Gasteiger partial charge in [0.15, 0.2) is 0 Å². The van der Waals surface area contributed by atoms with Gasteiger partial charge in [-0.25, -0.2) is 8.78 Å². The van der Waals surface area contributed by atoms with Crippen LogP contribution in [0.3, 0.4) is 0 Å². The molecule has 0 bridgehead atoms. The maximum atomic E-state index is 13.8. The number of fused-ring (bicyclic) bond motifs is 1. The van der Waals surface area contributed by atoms with Crippen LogP contribution < -0.4 is 5.32 Å². The van der Waals surface area contributed by atoms with Gasteiger partial charge in [0, 0.05) is 22.7 Å². The molecule has 1 N–H and O–H groups in total. The highest BCUT2D eigenvalue weighted by molar-refractivity contribution is 5.94. The van der Waals surface area contributed by atoms with Gasteiger partial charge in [-0.1, -0.05) is 0 Å². The van der Waals surface area contributed by atoms with E-state index in [0.29, 0.717) is 17.4 Å². The Labute approximate surface area is 180 Å². The lowest BCUT2D eigenvalue weighted by Gasteiger charge is -2.32. The lowest BCUT2D eigenvalue weighted by molar-refractivity contribution is 0.0921. The van der Waals surface area contributed by atoms with E-state index in [1.165, 1.54) is 35.9 Å². The van der Waals surface area contributed by atoms with Gasteiger partial charge < -0.3 is 5.32 Å². The van der Waals surface area contributed by atoms with Gasteiger partial charge in [-0.3, -0.25) is 9.78 Å². The van der Waals surface area contributed by atoms with Gasteiger partial charge >= 0.3 is 0 Å². The van der Waals surface area contributed by atoms with Crippen molar-refractivity contribution in [3.63, 3.8) is 0 Å². The second-order valence-corrected chi connectivity index (χ2v) is 9.22. The molecule has 31 heavy (non-hydrogen) atoms. The number of halogens is 2. The van der Waals surface area contributed by atoms with Gasteiger partial charge in [-0.15, -0.1) is 0 Å². The molecule has 2 saturated carbocycles. The average molecular weight is 421 g/mol. The Morgan fingerprint density at radius 2 is 1.68 bits per heavy atom. The summed E-state index contributed by atoms with van der Waals surface area (Å²) < 4.78 is 26.9. The molecule has 160 valence electrons. The molecule has 1 heterocycles. The maximum absolute atomic E-state index is 13.8. The zero-order chi connectivity index (χ0) is 21.4. The molecular formula is C26H26F2N2O. The van der Waals surface area contributed by atoms with Crippen LogP contribution in [0, 0.1) is 17.6 Å². The van der Waals surface area contributed by atoms with Crippen LogP contribution in [0.2, 0.25) is 0 Å². The third kappa shape index (κ3) is 4.32. The monoisotopic (exact) mass is 420 g/mol. The zero-order valence-corrected chi connectivity index (χ0v) is 17.4. The van der Waals surface area contributed by atoms with E-state index in [0.717, 1.165) is 55.8 Å². The molecule has 0 spiro atoms. The summed E-state index contributed by atoms with van der Waals surface area (Å²) in [6.45, 7) is 0. The molecule has 2 aliphatic rings. The predicted molar refractivity (Wildman–Crippen MR) is 117 cm³/mol. The van der Waals surface area contributed by atoms with Crippen molar-refractivity contribution in [3.8, 4) is 0 Å². The SMILES string of the molecule is O=C(NC1(C[C@H]2CC[C@H](c3ccnc4ccc(F)cc43)CC2)CC1)c1ccc(F)cc1. The first kappa shape index (κ1) is 20.1. The van der Waals surface area contributed by atoms with Gasteiger partial charge in [0.05, 0.1) is 5.52 Å². The van der Waals surface area contributed by atoms with Crippen molar-refractivity contribution in [1.29, 1.82) is 0 Å². The highest BCUT2D eigenvalue weighted by Crippen LogP contribution is 2.47. The summed E-state index contributed by atoms with van der Waals surface area (Å²) in [5, 5.41) is 4.14. The van der Waals surface area contributed by atoms with E-state index < -0.39 is 0 Å². The first-order chi connectivity index (χ1) is 15.0. The molecular weight excluding hydrogens is 394 g/mol. The molecule has 0 aliphatic heterocycles. The number of carbonyl (C=O) groups excluding carboxylic acids is 1. The lowest BCUT2D eigenvalue weighted by atomic mass is 9.75. The molecule has 2 fully saturated rings. The summed E-state index contributed by atoms with van der Waals surface area (Å²) in [5.74, 6) is 0.336. The number of carbonyl (C=O) groups is 1. The fraction of sp³-hybridized carbons (Fsp3) is 0.385. The first-order valence-corrected chi connectivity index (χ1v) is 11.1. The standard InChI is InChI=1S/C26H26F2N2O/c27-20-7-5-19(6-8-20)25(31)30-26(12-13-26)16-17-1-3-18(4-2-17)22-11-14-29-24-10-9-21(28)15-23(22)24/h5-11,14-15,17-18H,1-4,12-13,16H2,(H,30,31)/t17-,18-. The topological polar surface area (TPSA) is 42.0 Å². The average Bonchev–Trinajstić information content (AvgIpc) is 3.53. The minimum atomic E-state index is -0.334. The quantitative estimate of drug-likeness (QED) is 0.539. The Morgan fingerprint density at radius 3 is 2.39 bits per heavy atom. The van der Waals surface area contributed by atoms with Crippen molar-refractivity contribution in [3.05, 3.63) is 77.5 Å². The second-order valence-electron chi connectivity index (χ2n) is 9.22. The third-order valence-electron chi connectivity index (χ3n) is 7.04. The predicted octanol–water partition coefficient (Wildman–Crippen LogP) is 6.14. The molecule has 1 amide bonds. The van der Waals surface area contributed by atoms with Gasteiger partial charge in [0.2, 0.25) is 0 Å². The Morgan fingerprint density at radius 1 is 0.968 bits per heavy atom. The summed E-state index contributed by atoms with van der Waals surface area (Å²) in [5.41, 5.74) is 2.46. The molecule has 5 rings (SSSR count). The van der Waals surface area contributed by atoms with Crippen molar-refractivity contribution in [2.75, 3.05) is 0 Å². The fourth-order valence-corrected chi connectivity index (χ4v) is 5.17. The van der Waals surface area contributed by atoms with Gasteiger partial charge in [-0.05, 0) is 111 Å². The molecule has 0 radical (unpaired) electrons. The summed E-state index contributed by atoms with van der Waals surface area (Å²) in [4.78, 5) is 17.0. The van der Waals surface area contributed by atoms with Crippen molar-refractivity contribution in [1.82, 2.24) is 10.3 Å². The van der Waals surface area contributed by atoms with Gasteiger partial charge in [0.25, 0.3) is 5.91 Å². The minimum Gasteiger partial charge on any atom is -0.347 e. The van der Waals surface area contributed by atoms with Crippen LogP contribution in [0.5, 0.6) is 0 Å². The van der Waals surface area contributed by atoms with Gasteiger partial charge in [0.1, 0.15) is 11.6 Å². The Hall–Kier alpha value is -2.82. The smallest absolute Gasteiger partial charge is 0.251 e. The van der Waals surface area contributed by atoms with Crippen LogP contribution in [0.15, 0.2) is 54.7 Å². The van der Waals surface area contributed by atoms with Crippen LogP contribution in [-0.2, 0) is 0 Å². The number of aromatic nitrogens is 1. The van der Waals surface area contributed by atoms with Crippen LogP contribution >= 0.6 is 0 Å². The Bertz CT molecular complexity index is 1100. The Kier molecular flexibility index (Phi) is 5.20. The van der Waals surface area contributed by atoms with E-state index in [4.69, 9.17) is 0 Å². The summed E-state index contributed by atoms with van der Waals surface area (Å²) in [6.07, 6.45) is 9.20. The van der Waals surface area contributed by atoms with Crippen LogP contribution in [0.25, 0.3) is 10.9 Å². The van der Waals surface area contributed by atoms with E-state index in [1.54, 1.807) is 12.1 Å². The normalized spacial score (nSPS) is 22.3. The Balaban J connectivity index is 1.21. The maximum Gasteiger partial charge on any atom is 0.251 e. The first-order valence-electron chi connectivity index (χ1n) is 11.1. The van der Waals surface area contributed by atoms with Crippen molar-refractivity contribution in [2.24, 2.45) is 5.92 Å². The molecule has 2 aromatic carbocycles. The van der Waals surface area contributed by atoms with Crippen LogP contribution in [0.1, 0.15) is 66.8 Å². The molecule has 2 aliphatic carbocycles. The van der Waals surface area contributed by atoms with E-state index in [-0.39, 0.29) is 23.1 Å². The number of pyridine rings is 1. The summed E-state index contributed by atoms with van der Waals surface area (Å²) in [6, 6.07) is 12.6. The number of nitrogens with zero attached hydrogens (tertiary/aromatic N) is 1. The second kappa shape index (κ2) is 8.03. The summed E-state index contributed by atoms with van der Waals surface area (Å²) in [7, 11) is 0. The fourth-order valence-electron chi connectivity index (χ4n) is 5.17. The van der Waals surface area contributed by atoms with Crippen LogP contribution in [-0.4, -0.2) is 16.4 Å². The number of hydrogen-bond acceptors (Lipinski definition) is 2. The number of benzene rings is 2. The summed E-state index contributed by atoms with van der Waals surface area (Å²) >= 11 is 0. The number of rotatable bonds is 5. The number of amides is 1. The van der Waals surface area contributed by atoms with Crippen molar-refractivity contribution in [2.45, 2.75) is 56.4 Å². The van der Waals surface area contributed by atoms with E-state index in [9.17, 15) is 13.6 Å². The van der Waals surface area contributed by atoms with E-state index in [1.807, 2.05) is 12.3 Å². The number of nitrogens with one attached hydrogen (secondary N) is 1. The molecule has 5 heteroatoms. The van der Waals surface area contributed by atoms with E-state index >= 15 is 0 Å². The zero-order valence-electron chi connectivity index (χ0n) is 17.4. The van der Waals surface area contributed by atoms with Crippen LogP contribution in [0.4, 0.5) is 8.78 Å². The minimum absolute atomic E-state index is 0.102. The molecule has 0 atom stereocenters. The largest absolute Gasteiger partial charge is 0.347 e. The third-order valence-corrected chi connectivity index (χ3v) is 7.04.